The number of nitrogens with zero attached hydrogens (tertiary/aromatic N) is 2. The lowest BCUT2D eigenvalue weighted by atomic mass is 10.2. The summed E-state index contributed by atoms with van der Waals surface area (Å²) in [7, 11) is -3.09. The molecule has 0 aliphatic rings. The van der Waals surface area contributed by atoms with Gasteiger partial charge in [-0.1, -0.05) is 12.1 Å². The second-order valence-corrected chi connectivity index (χ2v) is 7.91. The average Bonchev–Trinajstić information content (AvgIpc) is 3.09. The molecule has 0 radical (unpaired) electrons. The lowest BCUT2D eigenvalue weighted by molar-refractivity contribution is 0.141. The summed E-state index contributed by atoms with van der Waals surface area (Å²) >= 11 is 0. The maximum absolute atomic E-state index is 15.2. The van der Waals surface area contributed by atoms with Gasteiger partial charge in [-0.05, 0) is 29.8 Å². The topological polar surface area (TPSA) is 111 Å². The van der Waals surface area contributed by atoms with E-state index in [0.717, 1.165) is 12.4 Å². The molecule has 0 aliphatic carbocycles. The van der Waals surface area contributed by atoms with Gasteiger partial charge < -0.3 is 15.2 Å². The number of aromatic nitrogens is 2. The van der Waals surface area contributed by atoms with E-state index in [4.69, 9.17) is 4.74 Å². The predicted molar refractivity (Wildman–Crippen MR) is 102 cm³/mol. The number of carbonyl (C=O) groups excluding carboxylic acids is 1. The van der Waals surface area contributed by atoms with Gasteiger partial charge in [0, 0.05) is 25.0 Å². The lowest BCUT2D eigenvalue weighted by Gasteiger charge is -2.11. The third kappa shape index (κ3) is 4.02. The highest BCUT2D eigenvalue weighted by molar-refractivity contribution is 7.90. The van der Waals surface area contributed by atoms with Gasteiger partial charge in [0.15, 0.2) is 5.82 Å². The molecule has 30 heavy (non-hydrogen) atoms. The van der Waals surface area contributed by atoms with Crippen LogP contribution in [-0.2, 0) is 28.0 Å². The Hall–Kier alpha value is -3.31. The van der Waals surface area contributed by atoms with Crippen LogP contribution in [-0.4, -0.2) is 35.6 Å². The Labute approximate surface area is 170 Å². The molecule has 2 heterocycles. The van der Waals surface area contributed by atoms with Crippen LogP contribution in [0.5, 0.6) is 0 Å². The van der Waals surface area contributed by atoms with E-state index in [0.29, 0.717) is 9.54 Å². The van der Waals surface area contributed by atoms with Crippen molar-refractivity contribution >= 4 is 16.1 Å². The minimum Gasteiger partial charge on any atom is -0.445 e. The number of carbonyl (C=O) groups is 1. The van der Waals surface area contributed by atoms with Crippen LogP contribution < -0.4 is 5.32 Å². The van der Waals surface area contributed by atoms with Crippen molar-refractivity contribution in [2.75, 3.05) is 7.05 Å². The SMILES string of the molecule is CNC(=O)OCc1cn(S(=O)(=O)c2cccc(CO)c2)c(-c2cccnc2F)c1F. The van der Waals surface area contributed by atoms with Crippen molar-refractivity contribution in [3.05, 3.63) is 71.7 Å². The molecule has 0 atom stereocenters. The smallest absolute Gasteiger partial charge is 0.407 e. The number of aliphatic hydroxyl groups excluding tert-OH is 1. The third-order valence-electron chi connectivity index (χ3n) is 4.20. The van der Waals surface area contributed by atoms with E-state index < -0.39 is 46.8 Å². The normalized spacial score (nSPS) is 11.3. The molecule has 158 valence electrons. The number of pyridine rings is 1. The Bertz CT molecular complexity index is 1190. The van der Waals surface area contributed by atoms with Gasteiger partial charge in [0.2, 0.25) is 5.95 Å². The number of aliphatic hydroxyl groups is 1. The van der Waals surface area contributed by atoms with Crippen molar-refractivity contribution in [2.45, 2.75) is 18.1 Å². The monoisotopic (exact) mass is 437 g/mol. The quantitative estimate of drug-likeness (QED) is 0.573. The highest BCUT2D eigenvalue weighted by atomic mass is 32.2. The van der Waals surface area contributed by atoms with E-state index in [1.165, 1.54) is 43.4 Å². The first-order chi connectivity index (χ1) is 14.3. The number of benzene rings is 1. The van der Waals surface area contributed by atoms with Crippen molar-refractivity contribution in [1.29, 1.82) is 0 Å². The van der Waals surface area contributed by atoms with Crippen LogP contribution in [0.25, 0.3) is 11.3 Å². The van der Waals surface area contributed by atoms with Crippen molar-refractivity contribution in [3.8, 4) is 11.3 Å². The molecule has 0 saturated heterocycles. The summed E-state index contributed by atoms with van der Waals surface area (Å²) in [4.78, 5) is 14.5. The number of ether oxygens (including phenoxy) is 1. The minimum atomic E-state index is -4.40. The molecule has 0 fully saturated rings. The third-order valence-corrected chi connectivity index (χ3v) is 5.85. The molecule has 3 aromatic rings. The van der Waals surface area contributed by atoms with Crippen LogP contribution in [0.2, 0.25) is 0 Å². The van der Waals surface area contributed by atoms with Gasteiger partial charge in [0.1, 0.15) is 12.3 Å². The fraction of sp³-hybridized carbons (Fsp3) is 0.158. The summed E-state index contributed by atoms with van der Waals surface area (Å²) in [5.74, 6) is -2.15. The zero-order chi connectivity index (χ0) is 21.9. The fourth-order valence-electron chi connectivity index (χ4n) is 2.73. The zero-order valence-corrected chi connectivity index (χ0v) is 16.5. The number of hydrogen-bond donors (Lipinski definition) is 2. The second-order valence-electron chi connectivity index (χ2n) is 6.09. The van der Waals surface area contributed by atoms with Crippen LogP contribution in [0.1, 0.15) is 11.1 Å². The van der Waals surface area contributed by atoms with Gasteiger partial charge >= 0.3 is 6.09 Å². The number of amides is 1. The van der Waals surface area contributed by atoms with Gasteiger partial charge in [-0.15, -0.1) is 0 Å². The Morgan fingerprint density at radius 2 is 2.03 bits per heavy atom. The van der Waals surface area contributed by atoms with E-state index >= 15 is 4.39 Å². The standard InChI is InChI=1S/C19H17F2N3O5S/c1-22-19(26)29-11-13-9-24(17(16(13)20)15-6-3-7-23-18(15)21)30(27,28)14-5-2-4-12(8-14)10-25/h2-9,25H,10-11H2,1H3,(H,22,26). The van der Waals surface area contributed by atoms with Crippen LogP contribution in [0.4, 0.5) is 13.6 Å². The molecule has 2 N–H and O–H groups in total. The highest BCUT2D eigenvalue weighted by Crippen LogP contribution is 2.32. The largest absolute Gasteiger partial charge is 0.445 e. The molecule has 0 spiro atoms. The van der Waals surface area contributed by atoms with E-state index in [9.17, 15) is 22.7 Å². The Morgan fingerprint density at radius 3 is 2.70 bits per heavy atom. The van der Waals surface area contributed by atoms with E-state index in [1.807, 2.05) is 0 Å². The lowest BCUT2D eigenvalue weighted by Crippen LogP contribution is -2.19. The summed E-state index contributed by atoms with van der Waals surface area (Å²) in [5, 5.41) is 11.5. The first kappa shape index (κ1) is 21.4. The second kappa shape index (κ2) is 8.59. The van der Waals surface area contributed by atoms with Gasteiger partial charge in [-0.25, -0.2) is 26.6 Å². The highest BCUT2D eigenvalue weighted by Gasteiger charge is 2.29. The number of halogens is 2. The van der Waals surface area contributed by atoms with Crippen molar-refractivity contribution in [1.82, 2.24) is 14.3 Å². The molecule has 1 aromatic carbocycles. The van der Waals surface area contributed by atoms with Crippen LogP contribution in [0.15, 0.2) is 53.7 Å². The molecule has 0 unspecified atom stereocenters. The molecule has 1 amide bonds. The van der Waals surface area contributed by atoms with Gasteiger partial charge in [-0.2, -0.15) is 4.39 Å². The Morgan fingerprint density at radius 1 is 1.27 bits per heavy atom. The number of hydrogen-bond acceptors (Lipinski definition) is 6. The molecule has 2 aromatic heterocycles. The predicted octanol–water partition coefficient (Wildman–Crippen LogP) is 2.41. The van der Waals surface area contributed by atoms with Crippen LogP contribution in [0.3, 0.4) is 0 Å². The Balaban J connectivity index is 2.21. The molecule has 0 saturated carbocycles. The summed E-state index contributed by atoms with van der Waals surface area (Å²) < 4.78 is 61.3. The van der Waals surface area contributed by atoms with E-state index in [2.05, 4.69) is 10.3 Å². The van der Waals surface area contributed by atoms with Gasteiger partial charge in [0.25, 0.3) is 10.0 Å². The molecule has 8 nitrogen and oxygen atoms in total. The molecular weight excluding hydrogens is 420 g/mol. The van der Waals surface area contributed by atoms with Crippen molar-refractivity contribution < 1.29 is 31.8 Å². The number of nitrogens with one attached hydrogen (secondary N) is 1. The molecule has 0 bridgehead atoms. The van der Waals surface area contributed by atoms with E-state index in [-0.39, 0.29) is 16.0 Å². The van der Waals surface area contributed by atoms with Crippen molar-refractivity contribution in [2.24, 2.45) is 0 Å². The zero-order valence-electron chi connectivity index (χ0n) is 15.7. The summed E-state index contributed by atoms with van der Waals surface area (Å²) in [6.45, 7) is -0.988. The molecule has 11 heteroatoms. The number of alkyl carbamates (subject to hydrolysis) is 1. The maximum atomic E-state index is 15.2. The Kier molecular flexibility index (Phi) is 6.13. The first-order valence-electron chi connectivity index (χ1n) is 8.60. The maximum Gasteiger partial charge on any atom is 0.407 e. The molecular formula is C19H17F2N3O5S. The molecule has 0 aliphatic heterocycles. The van der Waals surface area contributed by atoms with Crippen molar-refractivity contribution in [3.63, 3.8) is 0 Å². The minimum absolute atomic E-state index is 0.242. The summed E-state index contributed by atoms with van der Waals surface area (Å²) in [6.07, 6.45) is 1.20. The first-order valence-corrected chi connectivity index (χ1v) is 10.0. The summed E-state index contributed by atoms with van der Waals surface area (Å²) in [6, 6.07) is 7.92. The van der Waals surface area contributed by atoms with Crippen LogP contribution >= 0.6 is 0 Å². The average molecular weight is 437 g/mol. The number of rotatable bonds is 6. The van der Waals surface area contributed by atoms with Gasteiger partial charge in [-0.3, -0.25) is 0 Å². The molecule has 3 rings (SSSR count). The fourth-order valence-corrected chi connectivity index (χ4v) is 4.20. The van der Waals surface area contributed by atoms with Crippen LogP contribution in [0, 0.1) is 11.8 Å². The van der Waals surface area contributed by atoms with E-state index in [1.54, 1.807) is 0 Å². The summed E-state index contributed by atoms with van der Waals surface area (Å²) in [5.41, 5.74) is -0.937. The van der Waals surface area contributed by atoms with Gasteiger partial charge in [0.05, 0.1) is 17.1 Å².